The molecule has 4 rings (SSSR count). The molecule has 4 nitrogen and oxygen atoms in total. The van der Waals surface area contributed by atoms with Crippen LogP contribution < -0.4 is 0 Å². The summed E-state index contributed by atoms with van der Waals surface area (Å²) in [6.07, 6.45) is 6.69. The van der Waals surface area contributed by atoms with Crippen molar-refractivity contribution in [3.8, 4) is 0 Å². The Bertz CT molecular complexity index is 859. The Morgan fingerprint density at radius 1 is 1.10 bits per heavy atom. The lowest BCUT2D eigenvalue weighted by Crippen LogP contribution is -2.34. The first-order valence-corrected chi connectivity index (χ1v) is 11.9. The zero-order chi connectivity index (χ0) is 21.6. The van der Waals surface area contributed by atoms with E-state index in [-0.39, 0.29) is 12.1 Å². The molecule has 1 saturated heterocycles. The second kappa shape index (κ2) is 10.3. The molecule has 0 spiro atoms. The molecular formula is C27H36N2O2. The van der Waals surface area contributed by atoms with Gasteiger partial charge in [-0.2, -0.15) is 0 Å². The van der Waals surface area contributed by atoms with Gasteiger partial charge in [0.25, 0.3) is 0 Å². The summed E-state index contributed by atoms with van der Waals surface area (Å²) >= 11 is 0. The van der Waals surface area contributed by atoms with Gasteiger partial charge in [0.1, 0.15) is 6.61 Å². The first-order valence-electron chi connectivity index (χ1n) is 11.9. The fourth-order valence-corrected chi connectivity index (χ4v) is 5.20. The van der Waals surface area contributed by atoms with Gasteiger partial charge in [-0.15, -0.1) is 0 Å². The number of carbonyl (C=O) groups is 1. The maximum Gasteiger partial charge on any atom is 0.410 e. The van der Waals surface area contributed by atoms with Gasteiger partial charge in [0.2, 0.25) is 0 Å². The van der Waals surface area contributed by atoms with Crippen LogP contribution in [0.2, 0.25) is 0 Å². The molecule has 0 radical (unpaired) electrons. The van der Waals surface area contributed by atoms with Gasteiger partial charge in [-0.1, -0.05) is 55.5 Å². The van der Waals surface area contributed by atoms with Crippen molar-refractivity contribution in [3.05, 3.63) is 70.8 Å². The standard InChI is InChI=1S/C27H36N2O2/c1-3-16-29-17-14-22(15-18-29)24-13-12-23-10-7-11-26(25(23)19-24)28(2)27(30)31-20-21-8-5-4-6-9-21/h4-6,8-9,12-13,19,22,26H,3,7,10-11,14-18,20H2,1-2H3. The van der Waals surface area contributed by atoms with E-state index in [0.717, 1.165) is 24.8 Å². The number of carbonyl (C=O) groups excluding carboxylic acids is 1. The molecule has 1 aliphatic heterocycles. The summed E-state index contributed by atoms with van der Waals surface area (Å²) in [4.78, 5) is 17.2. The monoisotopic (exact) mass is 420 g/mol. The Balaban J connectivity index is 1.44. The highest BCUT2D eigenvalue weighted by molar-refractivity contribution is 5.68. The third-order valence-corrected chi connectivity index (χ3v) is 7.01. The molecule has 2 aromatic rings. The fraction of sp³-hybridized carbons (Fsp3) is 0.519. The number of benzene rings is 2. The number of hydrogen-bond donors (Lipinski definition) is 0. The minimum atomic E-state index is -0.236. The molecule has 0 saturated carbocycles. The summed E-state index contributed by atoms with van der Waals surface area (Å²) < 4.78 is 5.62. The summed E-state index contributed by atoms with van der Waals surface area (Å²) in [6, 6.07) is 17.1. The zero-order valence-electron chi connectivity index (χ0n) is 19.1. The smallest absolute Gasteiger partial charge is 0.410 e. The van der Waals surface area contributed by atoms with Crippen LogP contribution in [0.5, 0.6) is 0 Å². The highest BCUT2D eigenvalue weighted by Crippen LogP contribution is 2.37. The molecule has 4 heteroatoms. The van der Waals surface area contributed by atoms with Crippen LogP contribution in [-0.2, 0) is 17.8 Å². The van der Waals surface area contributed by atoms with Crippen LogP contribution in [0.4, 0.5) is 4.79 Å². The van der Waals surface area contributed by atoms with Crippen LogP contribution in [0.25, 0.3) is 0 Å². The van der Waals surface area contributed by atoms with Crippen molar-refractivity contribution in [2.75, 3.05) is 26.7 Å². The van der Waals surface area contributed by atoms with E-state index in [1.807, 2.05) is 42.3 Å². The minimum absolute atomic E-state index is 0.104. The Morgan fingerprint density at radius 3 is 2.61 bits per heavy atom. The molecule has 1 amide bonds. The molecule has 1 fully saturated rings. The SMILES string of the molecule is CCCN1CCC(c2ccc3c(c2)C(N(C)C(=O)OCc2ccccc2)CCC3)CC1. The van der Waals surface area contributed by atoms with Crippen molar-refractivity contribution in [1.82, 2.24) is 9.80 Å². The van der Waals surface area contributed by atoms with Crippen molar-refractivity contribution >= 4 is 6.09 Å². The summed E-state index contributed by atoms with van der Waals surface area (Å²) in [6.45, 7) is 6.20. The third-order valence-electron chi connectivity index (χ3n) is 7.01. The predicted molar refractivity (Wildman–Crippen MR) is 125 cm³/mol. The molecule has 0 aromatic heterocycles. The van der Waals surface area contributed by atoms with E-state index >= 15 is 0 Å². The normalized spacial score (nSPS) is 19.6. The largest absolute Gasteiger partial charge is 0.445 e. The maximum absolute atomic E-state index is 12.8. The predicted octanol–water partition coefficient (Wildman–Crippen LogP) is 5.92. The van der Waals surface area contributed by atoms with E-state index in [2.05, 4.69) is 30.0 Å². The number of likely N-dealkylation sites (tertiary alicyclic amines) is 1. The highest BCUT2D eigenvalue weighted by Gasteiger charge is 2.29. The van der Waals surface area contributed by atoms with Crippen molar-refractivity contribution in [1.29, 1.82) is 0 Å². The van der Waals surface area contributed by atoms with Crippen molar-refractivity contribution in [2.45, 2.75) is 64.0 Å². The van der Waals surface area contributed by atoms with E-state index in [4.69, 9.17) is 4.74 Å². The lowest BCUT2D eigenvalue weighted by Gasteiger charge is -2.35. The first-order chi connectivity index (χ1) is 15.2. The van der Waals surface area contributed by atoms with Gasteiger partial charge < -0.3 is 14.5 Å². The average molecular weight is 421 g/mol. The summed E-state index contributed by atoms with van der Waals surface area (Å²) in [5, 5.41) is 0. The van der Waals surface area contributed by atoms with E-state index < -0.39 is 0 Å². The van der Waals surface area contributed by atoms with E-state index in [0.29, 0.717) is 12.5 Å². The number of nitrogens with zero attached hydrogens (tertiary/aromatic N) is 2. The maximum atomic E-state index is 12.8. The van der Waals surface area contributed by atoms with Crippen LogP contribution in [0.3, 0.4) is 0 Å². The van der Waals surface area contributed by atoms with Gasteiger partial charge in [0.05, 0.1) is 6.04 Å². The highest BCUT2D eigenvalue weighted by atomic mass is 16.6. The zero-order valence-corrected chi connectivity index (χ0v) is 19.1. The molecule has 1 aliphatic carbocycles. The third kappa shape index (κ3) is 5.30. The average Bonchev–Trinajstić information content (AvgIpc) is 2.82. The Morgan fingerprint density at radius 2 is 1.87 bits per heavy atom. The Kier molecular flexibility index (Phi) is 7.29. The van der Waals surface area contributed by atoms with Gasteiger partial charge in [0, 0.05) is 7.05 Å². The van der Waals surface area contributed by atoms with E-state index in [9.17, 15) is 4.79 Å². The van der Waals surface area contributed by atoms with Crippen LogP contribution in [0.15, 0.2) is 48.5 Å². The molecule has 1 unspecified atom stereocenters. The Hall–Kier alpha value is -2.33. The minimum Gasteiger partial charge on any atom is -0.445 e. The number of fused-ring (bicyclic) bond motifs is 1. The Labute approximate surface area is 187 Å². The van der Waals surface area contributed by atoms with Crippen LogP contribution in [0, 0.1) is 0 Å². The number of hydrogen-bond acceptors (Lipinski definition) is 3. The van der Waals surface area contributed by atoms with Crippen molar-refractivity contribution in [2.24, 2.45) is 0 Å². The molecular weight excluding hydrogens is 384 g/mol. The molecule has 2 aromatic carbocycles. The second-order valence-corrected chi connectivity index (χ2v) is 9.13. The molecule has 166 valence electrons. The molecule has 1 heterocycles. The number of amides is 1. The fourth-order valence-electron chi connectivity index (χ4n) is 5.20. The number of rotatable bonds is 6. The van der Waals surface area contributed by atoms with Crippen LogP contribution in [-0.4, -0.2) is 42.6 Å². The molecule has 0 N–H and O–H groups in total. The van der Waals surface area contributed by atoms with Crippen molar-refractivity contribution < 1.29 is 9.53 Å². The van der Waals surface area contributed by atoms with Gasteiger partial charge >= 0.3 is 6.09 Å². The van der Waals surface area contributed by atoms with Gasteiger partial charge in [0.15, 0.2) is 0 Å². The summed E-state index contributed by atoms with van der Waals surface area (Å²) in [5.74, 6) is 0.635. The second-order valence-electron chi connectivity index (χ2n) is 9.13. The number of piperidine rings is 1. The molecule has 31 heavy (non-hydrogen) atoms. The van der Waals surface area contributed by atoms with E-state index in [1.165, 1.54) is 55.6 Å². The number of aryl methyl sites for hydroxylation is 1. The lowest BCUT2D eigenvalue weighted by molar-refractivity contribution is 0.0876. The lowest BCUT2D eigenvalue weighted by atomic mass is 9.82. The van der Waals surface area contributed by atoms with Gasteiger partial charge in [-0.05, 0) is 86.3 Å². The molecule has 1 atom stereocenters. The summed E-state index contributed by atoms with van der Waals surface area (Å²) in [5.41, 5.74) is 5.20. The van der Waals surface area contributed by atoms with E-state index in [1.54, 1.807) is 0 Å². The molecule has 2 aliphatic rings. The van der Waals surface area contributed by atoms with Gasteiger partial charge in [-0.3, -0.25) is 0 Å². The quantitative estimate of drug-likeness (QED) is 0.581. The van der Waals surface area contributed by atoms with Gasteiger partial charge in [-0.25, -0.2) is 4.79 Å². The van der Waals surface area contributed by atoms with Crippen LogP contribution >= 0.6 is 0 Å². The van der Waals surface area contributed by atoms with Crippen molar-refractivity contribution in [3.63, 3.8) is 0 Å². The first kappa shape index (κ1) is 21.9. The number of ether oxygens (including phenoxy) is 1. The topological polar surface area (TPSA) is 32.8 Å². The molecule has 0 bridgehead atoms. The van der Waals surface area contributed by atoms with Crippen LogP contribution in [0.1, 0.15) is 73.2 Å². The summed E-state index contributed by atoms with van der Waals surface area (Å²) in [7, 11) is 1.89.